The molecule has 0 heterocycles. The molecule has 1 aliphatic carbocycles. The fourth-order valence-electron chi connectivity index (χ4n) is 3.14. The number of rotatable bonds is 6. The van der Waals surface area contributed by atoms with Gasteiger partial charge in [0, 0.05) is 19.3 Å². The smallest absolute Gasteiger partial charge is 0.328 e. The van der Waals surface area contributed by atoms with E-state index in [-0.39, 0.29) is 5.97 Å². The Morgan fingerprint density at radius 3 is 2.33 bits per heavy atom. The van der Waals surface area contributed by atoms with Crippen molar-refractivity contribution in [3.8, 4) is 0 Å². The minimum Gasteiger partial charge on any atom is -0.468 e. The topological polar surface area (TPSA) is 41.6 Å². The van der Waals surface area contributed by atoms with Crippen LogP contribution in [0.4, 0.5) is 5.69 Å². The minimum absolute atomic E-state index is 0.163. The number of hydrogen-bond donors (Lipinski definition) is 1. The SMILES string of the molecule is CNC(CN(C)c1cc(C)cc(C)c1)(C(=O)OC)C1CC1. The van der Waals surface area contributed by atoms with E-state index in [0.717, 1.165) is 18.5 Å². The van der Waals surface area contributed by atoms with E-state index in [0.29, 0.717) is 12.5 Å². The first-order valence-electron chi connectivity index (χ1n) is 7.49. The average molecular weight is 290 g/mol. The van der Waals surface area contributed by atoms with Crippen LogP contribution in [0, 0.1) is 19.8 Å². The summed E-state index contributed by atoms with van der Waals surface area (Å²) in [6.07, 6.45) is 2.16. The van der Waals surface area contributed by atoms with Crippen LogP contribution < -0.4 is 10.2 Å². The zero-order valence-corrected chi connectivity index (χ0v) is 13.7. The zero-order chi connectivity index (χ0) is 15.6. The molecule has 1 aromatic carbocycles. The van der Waals surface area contributed by atoms with Gasteiger partial charge in [-0.05, 0) is 62.9 Å². The van der Waals surface area contributed by atoms with Crippen molar-refractivity contribution in [1.82, 2.24) is 5.32 Å². The van der Waals surface area contributed by atoms with Gasteiger partial charge in [0.2, 0.25) is 0 Å². The number of carbonyl (C=O) groups excluding carboxylic acids is 1. The Kier molecular flexibility index (Phi) is 4.57. The third-order valence-electron chi connectivity index (χ3n) is 4.40. The molecule has 0 bridgehead atoms. The van der Waals surface area contributed by atoms with Crippen LogP contribution in [0.15, 0.2) is 18.2 Å². The number of nitrogens with zero attached hydrogens (tertiary/aromatic N) is 1. The summed E-state index contributed by atoms with van der Waals surface area (Å²) in [5.41, 5.74) is 2.99. The summed E-state index contributed by atoms with van der Waals surface area (Å²) in [4.78, 5) is 14.5. The Bertz CT molecular complexity index is 505. The summed E-state index contributed by atoms with van der Waals surface area (Å²) in [5, 5.41) is 3.24. The van der Waals surface area contributed by atoms with Gasteiger partial charge in [-0.3, -0.25) is 0 Å². The quantitative estimate of drug-likeness (QED) is 0.816. The van der Waals surface area contributed by atoms with E-state index < -0.39 is 5.54 Å². The number of methoxy groups -OCH3 is 1. The van der Waals surface area contributed by atoms with E-state index >= 15 is 0 Å². The first kappa shape index (κ1) is 15.8. The summed E-state index contributed by atoms with van der Waals surface area (Å²) in [6.45, 7) is 4.80. The van der Waals surface area contributed by atoms with Crippen molar-refractivity contribution in [2.75, 3.05) is 32.6 Å². The summed E-state index contributed by atoms with van der Waals surface area (Å²) in [7, 11) is 5.35. The molecule has 1 aromatic rings. The number of aryl methyl sites for hydroxylation is 2. The molecular formula is C17H26N2O2. The maximum Gasteiger partial charge on any atom is 0.328 e. The normalized spacial score (nSPS) is 17.2. The summed E-state index contributed by atoms with van der Waals surface area (Å²) in [6, 6.07) is 6.46. The molecule has 21 heavy (non-hydrogen) atoms. The second kappa shape index (κ2) is 6.06. The summed E-state index contributed by atoms with van der Waals surface area (Å²) < 4.78 is 5.06. The Morgan fingerprint density at radius 1 is 1.33 bits per heavy atom. The molecule has 0 aliphatic heterocycles. The Hall–Kier alpha value is -1.55. The van der Waals surface area contributed by atoms with Gasteiger partial charge in [0.1, 0.15) is 5.54 Å². The number of likely N-dealkylation sites (N-methyl/N-ethyl adjacent to an activating group) is 2. The number of esters is 1. The lowest BCUT2D eigenvalue weighted by Gasteiger charge is -2.35. The van der Waals surface area contributed by atoms with Crippen molar-refractivity contribution in [3.63, 3.8) is 0 Å². The van der Waals surface area contributed by atoms with E-state index in [2.05, 4.69) is 42.3 Å². The molecule has 1 unspecified atom stereocenters. The molecule has 4 heteroatoms. The van der Waals surface area contributed by atoms with Crippen molar-refractivity contribution in [2.45, 2.75) is 32.2 Å². The maximum absolute atomic E-state index is 12.3. The van der Waals surface area contributed by atoms with Crippen molar-refractivity contribution in [3.05, 3.63) is 29.3 Å². The third-order valence-corrected chi connectivity index (χ3v) is 4.40. The van der Waals surface area contributed by atoms with Crippen molar-refractivity contribution in [2.24, 2.45) is 5.92 Å². The molecule has 116 valence electrons. The number of anilines is 1. The van der Waals surface area contributed by atoms with Crippen LogP contribution in [-0.4, -0.2) is 39.3 Å². The number of carbonyl (C=O) groups is 1. The molecule has 1 N–H and O–H groups in total. The number of ether oxygens (including phenoxy) is 1. The van der Waals surface area contributed by atoms with Gasteiger partial charge in [0.15, 0.2) is 0 Å². The van der Waals surface area contributed by atoms with Crippen LogP contribution >= 0.6 is 0 Å². The lowest BCUT2D eigenvalue weighted by Crippen LogP contribution is -2.59. The minimum atomic E-state index is -0.610. The molecule has 0 radical (unpaired) electrons. The van der Waals surface area contributed by atoms with Crippen LogP contribution in [0.25, 0.3) is 0 Å². The highest BCUT2D eigenvalue weighted by molar-refractivity contribution is 5.83. The van der Waals surface area contributed by atoms with Crippen molar-refractivity contribution < 1.29 is 9.53 Å². The molecule has 0 amide bonds. The molecule has 0 aromatic heterocycles. The monoisotopic (exact) mass is 290 g/mol. The Balaban J connectivity index is 2.25. The number of benzene rings is 1. The number of nitrogens with one attached hydrogen (secondary N) is 1. The second-order valence-electron chi connectivity index (χ2n) is 6.19. The van der Waals surface area contributed by atoms with Crippen LogP contribution in [0.1, 0.15) is 24.0 Å². The van der Waals surface area contributed by atoms with Crippen molar-refractivity contribution >= 4 is 11.7 Å². The average Bonchev–Trinajstić information content (AvgIpc) is 3.27. The summed E-state index contributed by atoms with van der Waals surface area (Å²) in [5.74, 6) is 0.201. The van der Waals surface area contributed by atoms with Gasteiger partial charge in [-0.2, -0.15) is 0 Å². The van der Waals surface area contributed by atoms with Gasteiger partial charge in [0.05, 0.1) is 7.11 Å². The van der Waals surface area contributed by atoms with E-state index in [1.807, 2.05) is 14.1 Å². The first-order chi connectivity index (χ1) is 9.92. The molecule has 1 saturated carbocycles. The molecule has 1 fully saturated rings. The van der Waals surface area contributed by atoms with Gasteiger partial charge in [-0.1, -0.05) is 6.07 Å². The lowest BCUT2D eigenvalue weighted by molar-refractivity contribution is -0.149. The zero-order valence-electron chi connectivity index (χ0n) is 13.7. The van der Waals surface area contributed by atoms with Crippen LogP contribution in [0.3, 0.4) is 0 Å². The molecule has 4 nitrogen and oxygen atoms in total. The van der Waals surface area contributed by atoms with Crippen LogP contribution in [0.5, 0.6) is 0 Å². The molecule has 1 aliphatic rings. The highest BCUT2D eigenvalue weighted by atomic mass is 16.5. The van der Waals surface area contributed by atoms with E-state index in [1.165, 1.54) is 18.2 Å². The van der Waals surface area contributed by atoms with Gasteiger partial charge < -0.3 is 15.0 Å². The van der Waals surface area contributed by atoms with E-state index in [1.54, 1.807) is 0 Å². The maximum atomic E-state index is 12.3. The first-order valence-corrected chi connectivity index (χ1v) is 7.49. The van der Waals surface area contributed by atoms with Gasteiger partial charge in [-0.25, -0.2) is 4.79 Å². The Morgan fingerprint density at radius 2 is 1.90 bits per heavy atom. The van der Waals surface area contributed by atoms with Crippen LogP contribution in [0.2, 0.25) is 0 Å². The van der Waals surface area contributed by atoms with Crippen LogP contribution in [-0.2, 0) is 9.53 Å². The molecule has 0 saturated heterocycles. The van der Waals surface area contributed by atoms with Gasteiger partial charge in [0.25, 0.3) is 0 Å². The third kappa shape index (κ3) is 3.21. The van der Waals surface area contributed by atoms with E-state index in [4.69, 9.17) is 4.74 Å². The second-order valence-corrected chi connectivity index (χ2v) is 6.19. The standard InChI is InChI=1S/C17H26N2O2/c1-12-8-13(2)10-15(9-12)19(4)11-17(18-3,14-6-7-14)16(20)21-5/h8-10,14,18H,6-7,11H2,1-5H3. The van der Waals surface area contributed by atoms with Gasteiger partial charge in [-0.15, -0.1) is 0 Å². The Labute approximate surface area is 127 Å². The number of hydrogen-bond acceptors (Lipinski definition) is 4. The molecule has 2 rings (SSSR count). The summed E-state index contributed by atoms with van der Waals surface area (Å²) >= 11 is 0. The molecule has 1 atom stereocenters. The molecule has 0 spiro atoms. The molecular weight excluding hydrogens is 264 g/mol. The lowest BCUT2D eigenvalue weighted by atomic mass is 9.92. The van der Waals surface area contributed by atoms with E-state index in [9.17, 15) is 4.79 Å². The fraction of sp³-hybridized carbons (Fsp3) is 0.588. The fourth-order valence-corrected chi connectivity index (χ4v) is 3.14. The van der Waals surface area contributed by atoms with Gasteiger partial charge >= 0.3 is 5.97 Å². The largest absolute Gasteiger partial charge is 0.468 e. The van der Waals surface area contributed by atoms with Crippen molar-refractivity contribution in [1.29, 1.82) is 0 Å². The highest BCUT2D eigenvalue weighted by Crippen LogP contribution is 2.41. The predicted octanol–water partition coefficient (Wildman–Crippen LogP) is 2.28. The highest BCUT2D eigenvalue weighted by Gasteiger charge is 2.51. The predicted molar refractivity (Wildman–Crippen MR) is 85.7 cm³/mol.